The largest absolute Gasteiger partial charge is 0.379 e. The van der Waals surface area contributed by atoms with E-state index in [9.17, 15) is 4.39 Å². The van der Waals surface area contributed by atoms with Gasteiger partial charge in [0.25, 0.3) is 0 Å². The van der Waals surface area contributed by atoms with Crippen LogP contribution in [-0.4, -0.2) is 35.8 Å². The molecular formula is C15H19FN2O. The Hall–Kier alpha value is -1.39. The maximum atomic E-state index is 13.5. The van der Waals surface area contributed by atoms with E-state index in [1.54, 1.807) is 6.07 Å². The van der Waals surface area contributed by atoms with Gasteiger partial charge in [0.15, 0.2) is 0 Å². The predicted molar refractivity (Wildman–Crippen MR) is 73.7 cm³/mol. The Morgan fingerprint density at radius 3 is 2.79 bits per heavy atom. The Bertz CT molecular complexity index is 573. The highest BCUT2D eigenvalue weighted by atomic mass is 19.1. The van der Waals surface area contributed by atoms with E-state index >= 15 is 0 Å². The Morgan fingerprint density at radius 2 is 2.05 bits per heavy atom. The maximum Gasteiger partial charge on any atom is 0.123 e. The minimum absolute atomic E-state index is 0.162. The van der Waals surface area contributed by atoms with Crippen LogP contribution in [0.1, 0.15) is 12.5 Å². The van der Waals surface area contributed by atoms with Crippen molar-refractivity contribution in [2.75, 3.05) is 26.3 Å². The monoisotopic (exact) mass is 262 g/mol. The number of rotatable bonds is 3. The summed E-state index contributed by atoms with van der Waals surface area (Å²) < 4.78 is 21.0. The SMILES string of the molecule is CCn1cc(CN2CCOCC2)c2cc(F)ccc21. The highest BCUT2D eigenvalue weighted by Crippen LogP contribution is 2.24. The molecule has 1 saturated heterocycles. The second-order valence-electron chi connectivity index (χ2n) is 4.99. The van der Waals surface area contributed by atoms with Crippen LogP contribution < -0.4 is 0 Å². The van der Waals surface area contributed by atoms with E-state index in [0.29, 0.717) is 0 Å². The maximum absolute atomic E-state index is 13.5. The molecule has 102 valence electrons. The van der Waals surface area contributed by atoms with Gasteiger partial charge < -0.3 is 9.30 Å². The summed E-state index contributed by atoms with van der Waals surface area (Å²) in [6.07, 6.45) is 2.15. The number of halogens is 1. The summed E-state index contributed by atoms with van der Waals surface area (Å²) in [5.41, 5.74) is 2.32. The number of hydrogen-bond acceptors (Lipinski definition) is 2. The summed E-state index contributed by atoms with van der Waals surface area (Å²) in [7, 11) is 0. The van der Waals surface area contributed by atoms with Crippen molar-refractivity contribution in [3.05, 3.63) is 35.8 Å². The van der Waals surface area contributed by atoms with Crippen LogP contribution in [0.3, 0.4) is 0 Å². The first-order chi connectivity index (χ1) is 9.28. The number of hydrogen-bond donors (Lipinski definition) is 0. The Labute approximate surface area is 112 Å². The average Bonchev–Trinajstić information content (AvgIpc) is 2.77. The van der Waals surface area contributed by atoms with E-state index in [2.05, 4.69) is 22.6 Å². The van der Waals surface area contributed by atoms with Crippen molar-refractivity contribution >= 4 is 10.9 Å². The molecule has 2 heterocycles. The lowest BCUT2D eigenvalue weighted by molar-refractivity contribution is 0.0343. The third-order valence-corrected chi connectivity index (χ3v) is 3.76. The summed E-state index contributed by atoms with van der Waals surface area (Å²) in [6.45, 7) is 7.38. The van der Waals surface area contributed by atoms with Crippen LogP contribution in [0.4, 0.5) is 4.39 Å². The first kappa shape index (κ1) is 12.6. The van der Waals surface area contributed by atoms with E-state index in [1.165, 1.54) is 11.6 Å². The summed E-state index contributed by atoms with van der Waals surface area (Å²) in [5, 5.41) is 1.04. The van der Waals surface area contributed by atoms with Crippen LogP contribution in [0.25, 0.3) is 10.9 Å². The first-order valence-electron chi connectivity index (χ1n) is 6.85. The van der Waals surface area contributed by atoms with Gasteiger partial charge in [-0.15, -0.1) is 0 Å². The van der Waals surface area contributed by atoms with Gasteiger partial charge in [-0.2, -0.15) is 0 Å². The molecule has 0 saturated carbocycles. The molecule has 2 aromatic rings. The lowest BCUT2D eigenvalue weighted by Gasteiger charge is -2.26. The minimum atomic E-state index is -0.162. The van der Waals surface area contributed by atoms with Crippen molar-refractivity contribution in [3.63, 3.8) is 0 Å². The summed E-state index contributed by atoms with van der Waals surface area (Å²) in [4.78, 5) is 2.36. The van der Waals surface area contributed by atoms with Gasteiger partial charge in [0.2, 0.25) is 0 Å². The zero-order valence-electron chi connectivity index (χ0n) is 11.2. The van der Waals surface area contributed by atoms with Gasteiger partial charge >= 0.3 is 0 Å². The van der Waals surface area contributed by atoms with Crippen molar-refractivity contribution in [2.45, 2.75) is 20.0 Å². The lowest BCUT2D eigenvalue weighted by atomic mass is 10.1. The fourth-order valence-corrected chi connectivity index (χ4v) is 2.73. The number of morpholine rings is 1. The molecule has 0 aliphatic carbocycles. The third-order valence-electron chi connectivity index (χ3n) is 3.76. The zero-order chi connectivity index (χ0) is 13.2. The third kappa shape index (κ3) is 2.51. The molecule has 4 heteroatoms. The van der Waals surface area contributed by atoms with Crippen molar-refractivity contribution in [1.29, 1.82) is 0 Å². The summed E-state index contributed by atoms with van der Waals surface area (Å²) in [5.74, 6) is -0.162. The number of fused-ring (bicyclic) bond motifs is 1. The van der Waals surface area contributed by atoms with Gasteiger partial charge in [0, 0.05) is 43.3 Å². The molecule has 1 aromatic carbocycles. The second kappa shape index (κ2) is 5.31. The summed E-state index contributed by atoms with van der Waals surface area (Å²) >= 11 is 0. The lowest BCUT2D eigenvalue weighted by Crippen LogP contribution is -2.35. The molecule has 0 radical (unpaired) electrons. The minimum Gasteiger partial charge on any atom is -0.379 e. The standard InChI is InChI=1S/C15H19FN2O/c1-2-18-11-12(10-17-5-7-19-8-6-17)14-9-13(16)3-4-15(14)18/h3-4,9,11H,2,5-8,10H2,1H3. The van der Waals surface area contributed by atoms with Gasteiger partial charge in [-0.25, -0.2) is 4.39 Å². The quantitative estimate of drug-likeness (QED) is 0.846. The van der Waals surface area contributed by atoms with Crippen LogP contribution >= 0.6 is 0 Å². The molecule has 0 amide bonds. The van der Waals surface area contributed by atoms with E-state index in [4.69, 9.17) is 4.74 Å². The Morgan fingerprint density at radius 1 is 1.26 bits per heavy atom. The number of ether oxygens (including phenoxy) is 1. The molecule has 1 aliphatic heterocycles. The van der Waals surface area contributed by atoms with Crippen LogP contribution in [-0.2, 0) is 17.8 Å². The van der Waals surface area contributed by atoms with Crippen molar-refractivity contribution in [3.8, 4) is 0 Å². The molecule has 0 bridgehead atoms. The zero-order valence-corrected chi connectivity index (χ0v) is 11.2. The van der Waals surface area contributed by atoms with Crippen LogP contribution in [0.2, 0.25) is 0 Å². The van der Waals surface area contributed by atoms with E-state index in [1.807, 2.05) is 6.07 Å². The normalized spacial score (nSPS) is 17.2. The Balaban J connectivity index is 1.95. The van der Waals surface area contributed by atoms with Crippen LogP contribution in [0, 0.1) is 5.82 Å². The predicted octanol–water partition coefficient (Wildman–Crippen LogP) is 2.63. The first-order valence-corrected chi connectivity index (χ1v) is 6.85. The molecule has 3 nitrogen and oxygen atoms in total. The molecule has 1 aromatic heterocycles. The molecule has 3 rings (SSSR count). The van der Waals surface area contributed by atoms with Gasteiger partial charge in [0.1, 0.15) is 5.82 Å². The fraction of sp³-hybridized carbons (Fsp3) is 0.467. The molecule has 0 atom stereocenters. The van der Waals surface area contributed by atoms with Crippen molar-refractivity contribution in [1.82, 2.24) is 9.47 Å². The van der Waals surface area contributed by atoms with Crippen molar-refractivity contribution < 1.29 is 9.13 Å². The molecule has 1 fully saturated rings. The molecule has 0 spiro atoms. The van der Waals surface area contributed by atoms with Gasteiger partial charge in [-0.3, -0.25) is 4.90 Å². The molecule has 0 unspecified atom stereocenters. The van der Waals surface area contributed by atoms with E-state index < -0.39 is 0 Å². The van der Waals surface area contributed by atoms with Gasteiger partial charge in [0.05, 0.1) is 13.2 Å². The highest BCUT2D eigenvalue weighted by Gasteiger charge is 2.15. The smallest absolute Gasteiger partial charge is 0.123 e. The van der Waals surface area contributed by atoms with Gasteiger partial charge in [-0.05, 0) is 30.7 Å². The summed E-state index contributed by atoms with van der Waals surface area (Å²) in [6, 6.07) is 5.06. The number of aromatic nitrogens is 1. The van der Waals surface area contributed by atoms with E-state index in [-0.39, 0.29) is 5.82 Å². The Kier molecular flexibility index (Phi) is 3.53. The topological polar surface area (TPSA) is 17.4 Å². The number of nitrogens with zero attached hydrogens (tertiary/aromatic N) is 2. The average molecular weight is 262 g/mol. The fourth-order valence-electron chi connectivity index (χ4n) is 2.73. The van der Waals surface area contributed by atoms with Crippen molar-refractivity contribution in [2.24, 2.45) is 0 Å². The molecule has 19 heavy (non-hydrogen) atoms. The van der Waals surface area contributed by atoms with E-state index in [0.717, 1.165) is 50.3 Å². The number of benzene rings is 1. The molecule has 1 aliphatic rings. The van der Waals surface area contributed by atoms with Crippen LogP contribution in [0.15, 0.2) is 24.4 Å². The second-order valence-corrected chi connectivity index (χ2v) is 4.99. The number of aryl methyl sites for hydroxylation is 1. The highest BCUT2D eigenvalue weighted by molar-refractivity contribution is 5.84. The molecular weight excluding hydrogens is 243 g/mol. The van der Waals surface area contributed by atoms with Crippen LogP contribution in [0.5, 0.6) is 0 Å². The van der Waals surface area contributed by atoms with Gasteiger partial charge in [-0.1, -0.05) is 0 Å². The molecule has 0 N–H and O–H groups in total.